The topological polar surface area (TPSA) is 95.9 Å². The summed E-state index contributed by atoms with van der Waals surface area (Å²) >= 11 is 0. The van der Waals surface area contributed by atoms with Gasteiger partial charge in [-0.15, -0.1) is 0 Å². The number of carboxylic acids is 1. The molecule has 0 radical (unpaired) electrons. The highest BCUT2D eigenvalue weighted by Gasteiger charge is 2.18. The molecule has 7 heteroatoms. The molecular formula is C17H22N2O5. The molecule has 1 aromatic rings. The number of nitrogens with one attached hydrogen (secondary N) is 1. The van der Waals surface area contributed by atoms with E-state index in [0.29, 0.717) is 5.69 Å². The molecule has 0 fully saturated rings. The molecule has 1 rings (SSSR count). The first kappa shape index (κ1) is 19.2. The zero-order valence-electron chi connectivity index (χ0n) is 14.2. The molecule has 0 aromatic heterocycles. The highest BCUT2D eigenvalue weighted by atomic mass is 16.6. The Balaban J connectivity index is 2.48. The molecule has 0 bridgehead atoms. The van der Waals surface area contributed by atoms with Gasteiger partial charge in [-0.25, -0.2) is 9.59 Å². The monoisotopic (exact) mass is 334 g/mol. The summed E-state index contributed by atoms with van der Waals surface area (Å²) in [5, 5.41) is 11.4. The summed E-state index contributed by atoms with van der Waals surface area (Å²) in [6, 6.07) is 5.81. The van der Waals surface area contributed by atoms with Crippen molar-refractivity contribution >= 4 is 23.7 Å². The van der Waals surface area contributed by atoms with Crippen LogP contribution in [0.1, 0.15) is 31.1 Å². The molecule has 0 aliphatic rings. The Morgan fingerprint density at radius 3 is 2.29 bits per heavy atom. The number of carbonyl (C=O) groups excluding carboxylic acids is 2. The second-order valence-electron chi connectivity index (χ2n) is 6.13. The fourth-order valence-corrected chi connectivity index (χ4v) is 1.61. The van der Waals surface area contributed by atoms with Crippen molar-refractivity contribution < 1.29 is 24.2 Å². The number of carbonyl (C=O) groups is 3. The van der Waals surface area contributed by atoms with Gasteiger partial charge in [0.2, 0.25) is 5.91 Å². The van der Waals surface area contributed by atoms with Crippen LogP contribution in [-0.4, -0.2) is 47.2 Å². The molecule has 0 aliphatic carbocycles. The van der Waals surface area contributed by atoms with Gasteiger partial charge in [0.05, 0.1) is 5.56 Å². The van der Waals surface area contributed by atoms with Gasteiger partial charge in [0.15, 0.2) is 0 Å². The molecule has 0 heterocycles. The minimum Gasteiger partial charge on any atom is -0.478 e. The summed E-state index contributed by atoms with van der Waals surface area (Å²) in [7, 11) is 1.57. The van der Waals surface area contributed by atoms with Gasteiger partial charge in [0, 0.05) is 25.4 Å². The van der Waals surface area contributed by atoms with Crippen LogP contribution in [0.2, 0.25) is 0 Å². The highest BCUT2D eigenvalue weighted by molar-refractivity contribution is 5.99. The standard InChI is InChI=1S/C17H22N2O5/c1-17(2,3)24-16(23)19(4)11-5-6-14(20)18-13-9-7-12(8-10-13)15(21)22/h5-10H,11H2,1-4H3,(H,18,20)(H,21,22)/b6-5+. The minimum absolute atomic E-state index is 0.141. The van der Waals surface area contributed by atoms with Gasteiger partial charge in [0.1, 0.15) is 5.60 Å². The van der Waals surface area contributed by atoms with Gasteiger partial charge in [-0.1, -0.05) is 6.08 Å². The number of carboxylic acid groups (broad SMARTS) is 1. The van der Waals surface area contributed by atoms with E-state index in [1.54, 1.807) is 27.8 Å². The lowest BCUT2D eigenvalue weighted by Gasteiger charge is -2.23. The van der Waals surface area contributed by atoms with Crippen LogP contribution in [0.4, 0.5) is 10.5 Å². The molecule has 0 unspecified atom stereocenters. The van der Waals surface area contributed by atoms with E-state index in [1.807, 2.05) is 0 Å². The Morgan fingerprint density at radius 1 is 1.21 bits per heavy atom. The van der Waals surface area contributed by atoms with Crippen molar-refractivity contribution in [2.45, 2.75) is 26.4 Å². The Kier molecular flexibility index (Phi) is 6.52. The SMILES string of the molecule is CN(C/C=C/C(=O)Nc1ccc(C(=O)O)cc1)C(=O)OC(C)(C)C. The number of hydrogen-bond acceptors (Lipinski definition) is 4. The summed E-state index contributed by atoms with van der Waals surface area (Å²) in [5.41, 5.74) is 0.0480. The van der Waals surface area contributed by atoms with E-state index in [4.69, 9.17) is 9.84 Å². The van der Waals surface area contributed by atoms with Crippen LogP contribution in [0, 0.1) is 0 Å². The smallest absolute Gasteiger partial charge is 0.410 e. The van der Waals surface area contributed by atoms with Gasteiger partial charge in [0.25, 0.3) is 0 Å². The first-order valence-corrected chi connectivity index (χ1v) is 7.33. The third-order valence-electron chi connectivity index (χ3n) is 2.75. The van der Waals surface area contributed by atoms with Crippen LogP contribution in [0.25, 0.3) is 0 Å². The number of hydrogen-bond donors (Lipinski definition) is 2. The Hall–Kier alpha value is -2.83. The Labute approximate surface area is 140 Å². The summed E-state index contributed by atoms with van der Waals surface area (Å²) in [5.74, 6) is -1.41. The molecule has 0 saturated heterocycles. The fraction of sp³-hybridized carbons (Fsp3) is 0.353. The molecule has 0 atom stereocenters. The molecule has 0 spiro atoms. The van der Waals surface area contributed by atoms with Gasteiger partial charge in [-0.05, 0) is 45.0 Å². The van der Waals surface area contributed by atoms with Gasteiger partial charge >= 0.3 is 12.1 Å². The molecule has 24 heavy (non-hydrogen) atoms. The second kappa shape index (κ2) is 8.14. The van der Waals surface area contributed by atoms with Gasteiger partial charge in [-0.2, -0.15) is 0 Å². The number of rotatable bonds is 5. The number of ether oxygens (including phenoxy) is 1. The lowest BCUT2D eigenvalue weighted by atomic mass is 10.2. The molecule has 0 saturated carbocycles. The summed E-state index contributed by atoms with van der Waals surface area (Å²) < 4.78 is 5.19. The van der Waals surface area contributed by atoms with E-state index in [-0.39, 0.29) is 18.0 Å². The fourth-order valence-electron chi connectivity index (χ4n) is 1.61. The first-order chi connectivity index (χ1) is 11.1. The minimum atomic E-state index is -1.03. The second-order valence-corrected chi connectivity index (χ2v) is 6.13. The maximum absolute atomic E-state index is 11.8. The third-order valence-corrected chi connectivity index (χ3v) is 2.75. The molecule has 2 amide bonds. The maximum atomic E-state index is 11.8. The average molecular weight is 334 g/mol. The van der Waals surface area contributed by atoms with E-state index in [9.17, 15) is 14.4 Å². The van der Waals surface area contributed by atoms with Crippen LogP contribution in [0.3, 0.4) is 0 Å². The summed E-state index contributed by atoms with van der Waals surface area (Å²) in [6.07, 6.45) is 2.36. The largest absolute Gasteiger partial charge is 0.478 e. The van der Waals surface area contributed by atoms with Crippen molar-refractivity contribution in [2.75, 3.05) is 18.9 Å². The molecular weight excluding hydrogens is 312 g/mol. The molecule has 1 aromatic carbocycles. The molecule has 2 N–H and O–H groups in total. The van der Waals surface area contributed by atoms with E-state index in [2.05, 4.69) is 5.32 Å². The Morgan fingerprint density at radius 2 is 1.79 bits per heavy atom. The highest BCUT2D eigenvalue weighted by Crippen LogP contribution is 2.10. The number of nitrogens with zero attached hydrogens (tertiary/aromatic N) is 1. The lowest BCUT2D eigenvalue weighted by molar-refractivity contribution is -0.111. The predicted molar refractivity (Wildman–Crippen MR) is 90.0 cm³/mol. The lowest BCUT2D eigenvalue weighted by Crippen LogP contribution is -2.34. The first-order valence-electron chi connectivity index (χ1n) is 7.33. The normalized spacial score (nSPS) is 11.2. The van der Waals surface area contributed by atoms with E-state index in [0.717, 1.165) is 0 Å². The van der Waals surface area contributed by atoms with Gasteiger partial charge < -0.3 is 20.1 Å². The molecule has 130 valence electrons. The maximum Gasteiger partial charge on any atom is 0.410 e. The van der Waals surface area contributed by atoms with Crippen molar-refractivity contribution in [1.29, 1.82) is 0 Å². The number of likely N-dealkylation sites (N-methyl/N-ethyl adjacent to an activating group) is 1. The predicted octanol–water partition coefficient (Wildman–Crippen LogP) is 2.75. The zero-order valence-corrected chi connectivity index (χ0v) is 14.2. The number of benzene rings is 1. The average Bonchev–Trinajstić information content (AvgIpc) is 2.45. The van der Waals surface area contributed by atoms with Crippen molar-refractivity contribution in [2.24, 2.45) is 0 Å². The zero-order chi connectivity index (χ0) is 18.3. The van der Waals surface area contributed by atoms with Crippen LogP contribution in [0.15, 0.2) is 36.4 Å². The number of aromatic carboxylic acids is 1. The van der Waals surface area contributed by atoms with E-state index < -0.39 is 17.7 Å². The van der Waals surface area contributed by atoms with Crippen LogP contribution in [-0.2, 0) is 9.53 Å². The van der Waals surface area contributed by atoms with Crippen molar-refractivity contribution in [1.82, 2.24) is 4.90 Å². The number of amides is 2. The molecule has 7 nitrogen and oxygen atoms in total. The third kappa shape index (κ3) is 6.95. The van der Waals surface area contributed by atoms with Crippen LogP contribution >= 0.6 is 0 Å². The van der Waals surface area contributed by atoms with Crippen molar-refractivity contribution in [3.8, 4) is 0 Å². The van der Waals surface area contributed by atoms with Crippen molar-refractivity contribution in [3.05, 3.63) is 42.0 Å². The van der Waals surface area contributed by atoms with Crippen LogP contribution in [0.5, 0.6) is 0 Å². The van der Waals surface area contributed by atoms with E-state index in [1.165, 1.54) is 41.3 Å². The molecule has 0 aliphatic heterocycles. The van der Waals surface area contributed by atoms with E-state index >= 15 is 0 Å². The van der Waals surface area contributed by atoms with Crippen LogP contribution < -0.4 is 5.32 Å². The summed E-state index contributed by atoms with van der Waals surface area (Å²) in [6.45, 7) is 5.55. The van der Waals surface area contributed by atoms with Crippen molar-refractivity contribution in [3.63, 3.8) is 0 Å². The Bertz CT molecular complexity index is 629. The quantitative estimate of drug-likeness (QED) is 0.807. The van der Waals surface area contributed by atoms with Gasteiger partial charge in [-0.3, -0.25) is 4.79 Å². The summed E-state index contributed by atoms with van der Waals surface area (Å²) in [4.78, 5) is 35.6. The number of anilines is 1.